The smallest absolute Gasteiger partial charge is 0.343 e. The van der Waals surface area contributed by atoms with Crippen molar-refractivity contribution in [1.82, 2.24) is 0 Å². The highest BCUT2D eigenvalue weighted by atomic mass is 31.2. The van der Waals surface area contributed by atoms with Gasteiger partial charge in [-0.3, -0.25) is 18.9 Å². The first kappa shape index (κ1) is 12.8. The number of ether oxygens (including phenoxy) is 1. The maximum absolute atomic E-state index is 11.2. The van der Waals surface area contributed by atoms with Crippen molar-refractivity contribution < 1.29 is 38.6 Å². The fourth-order valence-corrected chi connectivity index (χ4v) is 2.44. The number of rotatable bonds is 4. The fourth-order valence-electron chi connectivity index (χ4n) is 1.42. The minimum atomic E-state index is -4.95. The van der Waals surface area contributed by atoms with Gasteiger partial charge < -0.3 is 19.6 Å². The molecule has 9 heteroatoms. The van der Waals surface area contributed by atoms with E-state index in [1.807, 2.05) is 0 Å². The van der Waals surface area contributed by atoms with Crippen LogP contribution < -0.4 is 0 Å². The summed E-state index contributed by atoms with van der Waals surface area (Å²) in [6, 6.07) is 0. The van der Waals surface area contributed by atoms with Crippen LogP contribution in [0.25, 0.3) is 0 Å². The lowest BCUT2D eigenvalue weighted by atomic mass is 10.0. The number of hydrogen-bond acceptors (Lipinski definition) is 5. The van der Waals surface area contributed by atoms with Crippen LogP contribution in [0.1, 0.15) is 19.3 Å². The highest BCUT2D eigenvalue weighted by Gasteiger charge is 2.60. The second-order valence-corrected chi connectivity index (χ2v) is 5.35. The van der Waals surface area contributed by atoms with Crippen molar-refractivity contribution in [3.63, 3.8) is 0 Å². The van der Waals surface area contributed by atoms with E-state index >= 15 is 0 Å². The van der Waals surface area contributed by atoms with E-state index in [1.54, 1.807) is 0 Å². The molecule has 1 rings (SSSR count). The van der Waals surface area contributed by atoms with Gasteiger partial charge in [0, 0.05) is 6.42 Å². The maximum Gasteiger partial charge on any atom is 0.343 e. The van der Waals surface area contributed by atoms with E-state index in [9.17, 15) is 18.9 Å². The minimum Gasteiger partial charge on any atom is -0.481 e. The Morgan fingerprint density at radius 2 is 2.00 bits per heavy atom. The number of carbonyl (C=O) groups excluding carboxylic acids is 2. The molecule has 0 radical (unpaired) electrons. The van der Waals surface area contributed by atoms with E-state index < -0.39 is 49.9 Å². The largest absolute Gasteiger partial charge is 0.481 e. The third kappa shape index (κ3) is 2.13. The average Bonchev–Trinajstić information content (AvgIpc) is 2.37. The van der Waals surface area contributed by atoms with Crippen molar-refractivity contribution in [2.45, 2.75) is 24.4 Å². The highest BCUT2D eigenvalue weighted by Crippen LogP contribution is 2.57. The van der Waals surface area contributed by atoms with E-state index in [-0.39, 0.29) is 0 Å². The predicted molar refractivity (Wildman–Crippen MR) is 47.4 cm³/mol. The number of cyclic esters (lactones) is 2. The first-order valence-corrected chi connectivity index (χ1v) is 5.83. The zero-order valence-corrected chi connectivity index (χ0v) is 8.85. The van der Waals surface area contributed by atoms with Crippen LogP contribution in [0.15, 0.2) is 0 Å². The lowest BCUT2D eigenvalue weighted by Gasteiger charge is -2.23. The zero-order chi connectivity index (χ0) is 12.6. The van der Waals surface area contributed by atoms with Gasteiger partial charge >= 0.3 is 25.5 Å². The molecule has 0 aromatic rings. The minimum absolute atomic E-state index is 0.628. The number of carboxylic acids is 1. The maximum atomic E-state index is 11.2. The van der Waals surface area contributed by atoms with Crippen LogP contribution in [0.5, 0.6) is 0 Å². The van der Waals surface area contributed by atoms with Crippen molar-refractivity contribution in [3.05, 3.63) is 0 Å². The van der Waals surface area contributed by atoms with Crippen molar-refractivity contribution in [3.8, 4) is 0 Å². The molecule has 90 valence electrons. The van der Waals surface area contributed by atoms with Gasteiger partial charge in [0.15, 0.2) is 5.16 Å². The molecule has 0 aromatic heterocycles. The first-order chi connectivity index (χ1) is 7.19. The van der Waals surface area contributed by atoms with Crippen LogP contribution in [-0.4, -0.2) is 38.0 Å². The molecule has 0 bridgehead atoms. The summed E-state index contributed by atoms with van der Waals surface area (Å²) in [7, 11) is -4.95. The molecule has 1 aliphatic rings. The number of aliphatic carboxylic acids is 1. The van der Waals surface area contributed by atoms with Gasteiger partial charge in [0.25, 0.3) is 0 Å². The number of hydrogen-bond donors (Lipinski definition) is 3. The third-order valence-electron chi connectivity index (χ3n) is 2.33. The summed E-state index contributed by atoms with van der Waals surface area (Å²) < 4.78 is 15.2. The third-order valence-corrected chi connectivity index (χ3v) is 4.01. The van der Waals surface area contributed by atoms with Crippen LogP contribution >= 0.6 is 7.60 Å². The van der Waals surface area contributed by atoms with E-state index in [4.69, 9.17) is 14.9 Å². The van der Waals surface area contributed by atoms with Gasteiger partial charge in [0.2, 0.25) is 0 Å². The molecule has 8 nitrogen and oxygen atoms in total. The summed E-state index contributed by atoms with van der Waals surface area (Å²) in [5.41, 5.74) is 0. The molecule has 0 amide bonds. The Balaban J connectivity index is 3.04. The van der Waals surface area contributed by atoms with Gasteiger partial charge in [-0.2, -0.15) is 0 Å². The summed E-state index contributed by atoms with van der Waals surface area (Å²) >= 11 is 0. The molecule has 0 spiro atoms. The quantitative estimate of drug-likeness (QED) is 0.337. The molecule has 0 aliphatic carbocycles. The fraction of sp³-hybridized carbons (Fsp3) is 0.571. The first-order valence-electron chi connectivity index (χ1n) is 4.21. The van der Waals surface area contributed by atoms with Gasteiger partial charge in [-0.1, -0.05) is 0 Å². The molecule has 3 N–H and O–H groups in total. The Bertz CT molecular complexity index is 395. The lowest BCUT2D eigenvalue weighted by Crippen LogP contribution is -2.35. The average molecular weight is 252 g/mol. The molecule has 1 saturated heterocycles. The van der Waals surface area contributed by atoms with Crippen molar-refractivity contribution >= 4 is 25.5 Å². The molecule has 16 heavy (non-hydrogen) atoms. The molecule has 1 atom stereocenters. The Hall–Kier alpha value is -1.24. The molecule has 0 aromatic carbocycles. The van der Waals surface area contributed by atoms with Crippen LogP contribution in [0.2, 0.25) is 0 Å². The van der Waals surface area contributed by atoms with E-state index in [1.165, 1.54) is 0 Å². The Morgan fingerprint density at radius 1 is 1.44 bits per heavy atom. The Labute approximate surface area is 89.4 Å². The summed E-state index contributed by atoms with van der Waals surface area (Å²) in [4.78, 5) is 50.5. The molecule has 1 aliphatic heterocycles. The lowest BCUT2D eigenvalue weighted by molar-refractivity contribution is -0.152. The molecular weight excluding hydrogens is 243 g/mol. The number of carboxylic acid groups (broad SMARTS) is 1. The number of esters is 2. The summed E-state index contributed by atoms with van der Waals surface area (Å²) in [6.45, 7) is 0. The van der Waals surface area contributed by atoms with Crippen LogP contribution in [0, 0.1) is 0 Å². The second kappa shape index (κ2) is 3.97. The molecule has 1 fully saturated rings. The van der Waals surface area contributed by atoms with Gasteiger partial charge in [0.05, 0.1) is 6.42 Å². The predicted octanol–water partition coefficient (Wildman–Crippen LogP) is -0.759. The standard InChI is InChI=1S/C7H9O8P/c8-4(9)1-2-7(16(12,13)14)3-5(10)15-6(7)11/h1-3H2,(H,8,9)(H2,12,13,14). The van der Waals surface area contributed by atoms with Crippen LogP contribution in [-0.2, 0) is 23.7 Å². The zero-order valence-electron chi connectivity index (χ0n) is 7.95. The van der Waals surface area contributed by atoms with Crippen molar-refractivity contribution in [2.24, 2.45) is 0 Å². The van der Waals surface area contributed by atoms with Gasteiger partial charge in [-0.05, 0) is 6.42 Å². The van der Waals surface area contributed by atoms with Crippen LogP contribution in [0.4, 0.5) is 0 Å². The van der Waals surface area contributed by atoms with Gasteiger partial charge in [-0.25, -0.2) is 0 Å². The normalized spacial score (nSPS) is 25.6. The Kier molecular flexibility index (Phi) is 3.18. The van der Waals surface area contributed by atoms with Crippen molar-refractivity contribution in [1.29, 1.82) is 0 Å². The summed E-state index contributed by atoms with van der Waals surface area (Å²) in [5, 5.41) is 6.09. The molecule has 1 heterocycles. The van der Waals surface area contributed by atoms with E-state index in [0.717, 1.165) is 0 Å². The van der Waals surface area contributed by atoms with Crippen molar-refractivity contribution in [2.75, 3.05) is 0 Å². The Morgan fingerprint density at radius 3 is 2.31 bits per heavy atom. The topological polar surface area (TPSA) is 138 Å². The van der Waals surface area contributed by atoms with Gasteiger partial charge in [-0.15, -0.1) is 0 Å². The second-order valence-electron chi connectivity index (χ2n) is 3.41. The number of carbonyl (C=O) groups is 3. The van der Waals surface area contributed by atoms with E-state index in [2.05, 4.69) is 4.74 Å². The molecule has 0 saturated carbocycles. The SMILES string of the molecule is O=C(O)CCC1(P(=O)(O)O)CC(=O)OC1=O. The summed E-state index contributed by atoms with van der Waals surface area (Å²) in [6.07, 6.45) is -2.05. The highest BCUT2D eigenvalue weighted by molar-refractivity contribution is 7.55. The van der Waals surface area contributed by atoms with E-state index in [0.29, 0.717) is 0 Å². The molecule has 1 unspecified atom stereocenters. The van der Waals surface area contributed by atoms with Crippen LogP contribution in [0.3, 0.4) is 0 Å². The summed E-state index contributed by atoms with van der Waals surface area (Å²) in [5.74, 6) is -3.73. The monoisotopic (exact) mass is 252 g/mol. The van der Waals surface area contributed by atoms with Gasteiger partial charge in [0.1, 0.15) is 0 Å². The molecular formula is C7H9O8P.